The quantitative estimate of drug-likeness (QED) is 0.459. The van der Waals surface area contributed by atoms with Gasteiger partial charge in [-0.1, -0.05) is 26.7 Å². The van der Waals surface area contributed by atoms with Gasteiger partial charge in [-0.3, -0.25) is 9.59 Å². The minimum atomic E-state index is -0.798. The van der Waals surface area contributed by atoms with Crippen LogP contribution in [-0.4, -0.2) is 44.7 Å². The number of hydrogen-bond donors (Lipinski definition) is 2. The molecular weight excluding hydrogens is 428 g/mol. The Morgan fingerprint density at radius 2 is 1.73 bits per heavy atom. The van der Waals surface area contributed by atoms with E-state index in [0.717, 1.165) is 19.3 Å². The molecule has 33 heavy (non-hydrogen) atoms. The average molecular weight is 461 g/mol. The smallest absolute Gasteiger partial charge is 0.340 e. The van der Waals surface area contributed by atoms with Gasteiger partial charge in [0.1, 0.15) is 0 Å². The highest BCUT2D eigenvalue weighted by atomic mass is 16.5. The lowest BCUT2D eigenvalue weighted by Crippen LogP contribution is -2.36. The van der Waals surface area contributed by atoms with Crippen LogP contribution in [0.3, 0.4) is 0 Å². The van der Waals surface area contributed by atoms with Gasteiger partial charge in [0, 0.05) is 18.2 Å². The minimum Gasteiger partial charge on any atom is -0.493 e. The number of amides is 2. The van der Waals surface area contributed by atoms with Gasteiger partial charge in [-0.15, -0.1) is 0 Å². The van der Waals surface area contributed by atoms with Crippen molar-refractivity contribution in [2.45, 2.75) is 46.1 Å². The van der Waals surface area contributed by atoms with Crippen LogP contribution in [0.5, 0.6) is 11.5 Å². The number of rotatable bonds is 12. The molecule has 1 atom stereocenters. The van der Waals surface area contributed by atoms with Gasteiger partial charge in [0.25, 0.3) is 11.8 Å². The summed E-state index contributed by atoms with van der Waals surface area (Å²) in [6.45, 7) is 5.77. The van der Waals surface area contributed by atoms with Gasteiger partial charge in [0.15, 0.2) is 23.9 Å². The second kappa shape index (κ2) is 12.5. The van der Waals surface area contributed by atoms with E-state index in [0.29, 0.717) is 11.7 Å². The summed E-state index contributed by atoms with van der Waals surface area (Å²) in [6.07, 6.45) is 4.29. The lowest BCUT2D eigenvalue weighted by Gasteiger charge is -2.16. The van der Waals surface area contributed by atoms with Crippen molar-refractivity contribution in [3.05, 3.63) is 41.9 Å². The standard InChI is InChI=1S/C24H32N2O7/c1-15(2)8-6-9-16(3)25-22(27)14-33-24(29)17-12-20(30-4)21(31-5)13-18(17)26-23(28)19-10-7-11-32-19/h7,10-13,15-16H,6,8-9,14H2,1-5H3,(H,25,27)(H,26,28). The molecule has 0 aliphatic heterocycles. The maximum atomic E-state index is 12.8. The Balaban J connectivity index is 2.07. The first-order valence-corrected chi connectivity index (χ1v) is 10.8. The van der Waals surface area contributed by atoms with Crippen molar-refractivity contribution in [1.82, 2.24) is 5.32 Å². The molecule has 9 heteroatoms. The predicted octanol–water partition coefficient (Wildman–Crippen LogP) is 4.04. The molecule has 0 saturated carbocycles. The van der Waals surface area contributed by atoms with Crippen molar-refractivity contribution in [3.8, 4) is 11.5 Å². The maximum Gasteiger partial charge on any atom is 0.340 e. The Kier molecular flexibility index (Phi) is 9.78. The van der Waals surface area contributed by atoms with Crippen LogP contribution in [0.4, 0.5) is 5.69 Å². The molecule has 2 amide bonds. The van der Waals surface area contributed by atoms with E-state index < -0.39 is 24.4 Å². The molecule has 1 unspecified atom stereocenters. The topological polar surface area (TPSA) is 116 Å². The van der Waals surface area contributed by atoms with E-state index in [9.17, 15) is 14.4 Å². The highest BCUT2D eigenvalue weighted by molar-refractivity contribution is 6.07. The highest BCUT2D eigenvalue weighted by Gasteiger charge is 2.22. The third kappa shape index (κ3) is 7.85. The first-order valence-electron chi connectivity index (χ1n) is 10.8. The van der Waals surface area contributed by atoms with E-state index in [-0.39, 0.29) is 28.8 Å². The summed E-state index contributed by atoms with van der Waals surface area (Å²) in [5.74, 6) is -0.516. The Bertz CT molecular complexity index is 939. The summed E-state index contributed by atoms with van der Waals surface area (Å²) in [7, 11) is 2.85. The summed E-state index contributed by atoms with van der Waals surface area (Å²) in [5, 5.41) is 5.43. The second-order valence-corrected chi connectivity index (χ2v) is 8.05. The van der Waals surface area contributed by atoms with Gasteiger partial charge in [-0.25, -0.2) is 4.79 Å². The highest BCUT2D eigenvalue weighted by Crippen LogP contribution is 2.34. The number of hydrogen-bond acceptors (Lipinski definition) is 7. The average Bonchev–Trinajstić information content (AvgIpc) is 3.32. The number of carbonyl (C=O) groups excluding carboxylic acids is 3. The van der Waals surface area contributed by atoms with Crippen molar-refractivity contribution in [3.63, 3.8) is 0 Å². The van der Waals surface area contributed by atoms with Crippen LogP contribution in [0.1, 0.15) is 60.9 Å². The van der Waals surface area contributed by atoms with E-state index in [1.54, 1.807) is 6.07 Å². The van der Waals surface area contributed by atoms with Crippen molar-refractivity contribution in [2.24, 2.45) is 5.92 Å². The lowest BCUT2D eigenvalue weighted by atomic mass is 10.0. The maximum absolute atomic E-state index is 12.8. The summed E-state index contributed by atoms with van der Waals surface area (Å²) >= 11 is 0. The van der Waals surface area contributed by atoms with Crippen LogP contribution in [0.2, 0.25) is 0 Å². The van der Waals surface area contributed by atoms with Crippen LogP contribution in [-0.2, 0) is 9.53 Å². The minimum absolute atomic E-state index is 0.00494. The molecule has 2 aromatic rings. The zero-order valence-electron chi connectivity index (χ0n) is 19.7. The van der Waals surface area contributed by atoms with E-state index in [2.05, 4.69) is 24.5 Å². The molecule has 0 fully saturated rings. The van der Waals surface area contributed by atoms with Crippen LogP contribution in [0.15, 0.2) is 34.9 Å². The molecule has 0 bridgehead atoms. The van der Waals surface area contributed by atoms with Gasteiger partial charge >= 0.3 is 5.97 Å². The molecule has 1 aromatic carbocycles. The Morgan fingerprint density at radius 3 is 2.33 bits per heavy atom. The first kappa shape index (κ1) is 25.8. The molecule has 1 heterocycles. The van der Waals surface area contributed by atoms with E-state index in [1.807, 2.05) is 6.92 Å². The zero-order chi connectivity index (χ0) is 24.4. The Labute approximate surface area is 193 Å². The summed E-state index contributed by atoms with van der Waals surface area (Å²) in [5.41, 5.74) is 0.131. The third-order valence-corrected chi connectivity index (χ3v) is 4.90. The van der Waals surface area contributed by atoms with Gasteiger partial charge in [0.2, 0.25) is 0 Å². The van der Waals surface area contributed by atoms with E-state index in [1.165, 1.54) is 38.7 Å². The fourth-order valence-corrected chi connectivity index (χ4v) is 3.17. The molecule has 0 aliphatic rings. The monoisotopic (exact) mass is 460 g/mol. The molecule has 2 rings (SSSR count). The summed E-state index contributed by atoms with van der Waals surface area (Å²) in [6, 6.07) is 5.85. The van der Waals surface area contributed by atoms with Gasteiger partial charge in [-0.2, -0.15) is 0 Å². The van der Waals surface area contributed by atoms with E-state index >= 15 is 0 Å². The van der Waals surface area contributed by atoms with Crippen LogP contribution >= 0.6 is 0 Å². The molecule has 1 aromatic heterocycles. The lowest BCUT2D eigenvalue weighted by molar-refractivity contribution is -0.124. The predicted molar refractivity (Wildman–Crippen MR) is 123 cm³/mol. The van der Waals surface area contributed by atoms with Crippen LogP contribution in [0, 0.1) is 5.92 Å². The Morgan fingerprint density at radius 1 is 1.03 bits per heavy atom. The third-order valence-electron chi connectivity index (χ3n) is 4.90. The number of anilines is 1. The number of benzene rings is 1. The van der Waals surface area contributed by atoms with Crippen molar-refractivity contribution >= 4 is 23.5 Å². The second-order valence-electron chi connectivity index (χ2n) is 8.05. The molecule has 2 N–H and O–H groups in total. The fourth-order valence-electron chi connectivity index (χ4n) is 3.17. The number of ether oxygens (including phenoxy) is 3. The number of furan rings is 1. The molecule has 0 radical (unpaired) electrons. The normalized spacial score (nSPS) is 11.6. The molecule has 0 aliphatic carbocycles. The van der Waals surface area contributed by atoms with E-state index in [4.69, 9.17) is 18.6 Å². The molecule has 180 valence electrons. The molecule has 0 spiro atoms. The number of esters is 1. The van der Waals surface area contributed by atoms with Gasteiger partial charge in [0.05, 0.1) is 31.7 Å². The zero-order valence-corrected chi connectivity index (χ0v) is 19.7. The summed E-state index contributed by atoms with van der Waals surface area (Å²) < 4.78 is 20.8. The Hall–Kier alpha value is -3.49. The molecule has 0 saturated heterocycles. The number of methoxy groups -OCH3 is 2. The van der Waals surface area contributed by atoms with Gasteiger partial charge in [-0.05, 0) is 31.4 Å². The van der Waals surface area contributed by atoms with Crippen molar-refractivity contribution in [1.29, 1.82) is 0 Å². The van der Waals surface area contributed by atoms with Crippen LogP contribution < -0.4 is 20.1 Å². The largest absolute Gasteiger partial charge is 0.493 e. The van der Waals surface area contributed by atoms with Crippen molar-refractivity contribution in [2.75, 3.05) is 26.1 Å². The van der Waals surface area contributed by atoms with Gasteiger partial charge < -0.3 is 29.3 Å². The molecular formula is C24H32N2O7. The summed E-state index contributed by atoms with van der Waals surface area (Å²) in [4.78, 5) is 37.4. The number of carbonyl (C=O) groups is 3. The number of nitrogens with one attached hydrogen (secondary N) is 2. The SMILES string of the molecule is COc1cc(NC(=O)c2ccco2)c(C(=O)OCC(=O)NC(C)CCCC(C)C)cc1OC. The van der Waals surface area contributed by atoms with Crippen molar-refractivity contribution < 1.29 is 33.0 Å². The molecule has 9 nitrogen and oxygen atoms in total. The van der Waals surface area contributed by atoms with Crippen LogP contribution in [0.25, 0.3) is 0 Å². The first-order chi connectivity index (χ1) is 15.7. The fraction of sp³-hybridized carbons (Fsp3) is 0.458.